The maximum Gasteiger partial charge on any atom is 0.328 e. The second-order valence-corrected chi connectivity index (χ2v) is 4.87. The summed E-state index contributed by atoms with van der Waals surface area (Å²) >= 11 is 0. The number of methoxy groups -OCH3 is 1. The van der Waals surface area contributed by atoms with Crippen LogP contribution in [0.1, 0.15) is 5.56 Å². The molecule has 7 heteroatoms. The highest BCUT2D eigenvalue weighted by atomic mass is 16.5. The Morgan fingerprint density at radius 2 is 1.56 bits per heavy atom. The van der Waals surface area contributed by atoms with Gasteiger partial charge in [0.1, 0.15) is 5.75 Å². The Labute approximate surface area is 144 Å². The minimum Gasteiger partial charge on any atom is -0.497 e. The average Bonchev–Trinajstić information content (AvgIpc) is 2.65. The van der Waals surface area contributed by atoms with Gasteiger partial charge in [0, 0.05) is 11.8 Å². The maximum atomic E-state index is 11.7. The van der Waals surface area contributed by atoms with Crippen LogP contribution in [0.5, 0.6) is 5.75 Å². The Bertz CT molecular complexity index is 771. The van der Waals surface area contributed by atoms with Crippen LogP contribution in [-0.4, -0.2) is 24.8 Å². The lowest BCUT2D eigenvalue weighted by molar-refractivity contribution is -0.137. The van der Waals surface area contributed by atoms with E-state index in [0.717, 1.165) is 5.56 Å². The highest BCUT2D eigenvalue weighted by Gasteiger charge is 2.13. The molecule has 0 spiro atoms. The SMILES string of the molecule is COc1ccc(NC(=O)C(=O)NNC(=O)/C=C\c2ccccc2)cc1. The molecule has 25 heavy (non-hydrogen) atoms. The first kappa shape index (κ1) is 17.7. The van der Waals surface area contributed by atoms with Crippen LogP contribution in [0.3, 0.4) is 0 Å². The molecule has 0 atom stereocenters. The summed E-state index contributed by atoms with van der Waals surface area (Å²) in [5.74, 6) is -1.83. The van der Waals surface area contributed by atoms with Crippen molar-refractivity contribution in [3.05, 3.63) is 66.2 Å². The summed E-state index contributed by atoms with van der Waals surface area (Å²) in [6.45, 7) is 0. The van der Waals surface area contributed by atoms with E-state index in [9.17, 15) is 14.4 Å². The standard InChI is InChI=1S/C18H17N3O4/c1-25-15-10-8-14(9-11-15)19-17(23)18(24)21-20-16(22)12-7-13-5-3-2-4-6-13/h2-12H,1H3,(H,19,23)(H,20,22)(H,21,24)/b12-7-. The number of hydrazine groups is 1. The lowest BCUT2D eigenvalue weighted by atomic mass is 10.2. The van der Waals surface area contributed by atoms with Crippen LogP contribution in [-0.2, 0) is 14.4 Å². The van der Waals surface area contributed by atoms with Gasteiger partial charge in [-0.3, -0.25) is 25.2 Å². The molecular weight excluding hydrogens is 322 g/mol. The van der Waals surface area contributed by atoms with Gasteiger partial charge in [0.05, 0.1) is 7.11 Å². The monoisotopic (exact) mass is 339 g/mol. The number of hydrogen-bond acceptors (Lipinski definition) is 4. The number of amides is 3. The topological polar surface area (TPSA) is 96.5 Å². The molecule has 3 amide bonds. The van der Waals surface area contributed by atoms with E-state index < -0.39 is 17.7 Å². The van der Waals surface area contributed by atoms with Crippen LogP contribution in [0.4, 0.5) is 5.69 Å². The summed E-state index contributed by atoms with van der Waals surface area (Å²) in [5, 5.41) is 2.40. The molecule has 2 rings (SSSR count). The van der Waals surface area contributed by atoms with Gasteiger partial charge >= 0.3 is 11.8 Å². The molecule has 7 nitrogen and oxygen atoms in total. The van der Waals surface area contributed by atoms with E-state index in [4.69, 9.17) is 4.74 Å². The number of ether oxygens (including phenoxy) is 1. The maximum absolute atomic E-state index is 11.7. The molecule has 0 fully saturated rings. The summed E-state index contributed by atoms with van der Waals surface area (Å²) in [7, 11) is 1.52. The number of rotatable bonds is 4. The first-order valence-corrected chi connectivity index (χ1v) is 7.37. The fraction of sp³-hybridized carbons (Fsp3) is 0.0556. The predicted molar refractivity (Wildman–Crippen MR) is 93.4 cm³/mol. The summed E-state index contributed by atoms with van der Waals surface area (Å²) in [4.78, 5) is 35.0. The molecule has 0 aliphatic carbocycles. The highest BCUT2D eigenvalue weighted by Crippen LogP contribution is 2.14. The molecule has 128 valence electrons. The van der Waals surface area contributed by atoms with E-state index in [1.54, 1.807) is 30.3 Å². The minimum atomic E-state index is -0.989. The third-order valence-electron chi connectivity index (χ3n) is 3.08. The van der Waals surface area contributed by atoms with Crippen molar-refractivity contribution in [1.29, 1.82) is 0 Å². The Morgan fingerprint density at radius 3 is 2.20 bits per heavy atom. The smallest absolute Gasteiger partial charge is 0.328 e. The molecular formula is C18H17N3O4. The fourth-order valence-electron chi connectivity index (χ4n) is 1.82. The lowest BCUT2D eigenvalue weighted by Gasteiger charge is -2.07. The molecule has 0 saturated heterocycles. The normalized spacial score (nSPS) is 10.1. The first-order chi connectivity index (χ1) is 12.1. The molecule has 2 aromatic carbocycles. The van der Waals surface area contributed by atoms with Crippen molar-refractivity contribution in [1.82, 2.24) is 10.9 Å². The van der Waals surface area contributed by atoms with Crippen LogP contribution in [0.15, 0.2) is 60.7 Å². The average molecular weight is 339 g/mol. The van der Waals surface area contributed by atoms with E-state index in [-0.39, 0.29) is 0 Å². The van der Waals surface area contributed by atoms with Crippen molar-refractivity contribution >= 4 is 29.5 Å². The highest BCUT2D eigenvalue weighted by molar-refractivity contribution is 6.39. The van der Waals surface area contributed by atoms with E-state index in [2.05, 4.69) is 10.7 Å². The number of carbonyl (C=O) groups excluding carboxylic acids is 3. The van der Waals surface area contributed by atoms with E-state index in [1.807, 2.05) is 35.8 Å². The summed E-state index contributed by atoms with van der Waals surface area (Å²) in [6.07, 6.45) is 2.83. The lowest BCUT2D eigenvalue weighted by Crippen LogP contribution is -2.46. The Kier molecular flexibility index (Phi) is 6.30. The van der Waals surface area contributed by atoms with Crippen molar-refractivity contribution in [3.63, 3.8) is 0 Å². The van der Waals surface area contributed by atoms with Gasteiger partial charge < -0.3 is 10.1 Å². The third-order valence-corrected chi connectivity index (χ3v) is 3.08. The second-order valence-electron chi connectivity index (χ2n) is 4.87. The summed E-state index contributed by atoms with van der Waals surface area (Å²) in [6, 6.07) is 15.6. The van der Waals surface area contributed by atoms with Gasteiger partial charge in [-0.2, -0.15) is 0 Å². The van der Waals surface area contributed by atoms with E-state index in [0.29, 0.717) is 11.4 Å². The molecule has 3 N–H and O–H groups in total. The van der Waals surface area contributed by atoms with Gasteiger partial charge in [0.2, 0.25) is 0 Å². The summed E-state index contributed by atoms with van der Waals surface area (Å²) < 4.78 is 5.00. The molecule has 0 radical (unpaired) electrons. The molecule has 0 aliphatic heterocycles. The van der Waals surface area contributed by atoms with Crippen molar-refractivity contribution in [2.24, 2.45) is 0 Å². The number of hydrogen-bond donors (Lipinski definition) is 3. The van der Waals surface area contributed by atoms with Crippen LogP contribution >= 0.6 is 0 Å². The minimum absolute atomic E-state index is 0.427. The number of benzene rings is 2. The van der Waals surface area contributed by atoms with Crippen molar-refractivity contribution in [3.8, 4) is 5.75 Å². The molecule has 2 aromatic rings. The molecule has 0 saturated carbocycles. The van der Waals surface area contributed by atoms with Gasteiger partial charge in [-0.25, -0.2) is 0 Å². The zero-order valence-electron chi connectivity index (χ0n) is 13.5. The zero-order valence-corrected chi connectivity index (χ0v) is 13.5. The van der Waals surface area contributed by atoms with Gasteiger partial charge in [-0.1, -0.05) is 30.3 Å². The van der Waals surface area contributed by atoms with Gasteiger partial charge in [0.25, 0.3) is 5.91 Å². The molecule has 0 heterocycles. The quantitative estimate of drug-likeness (QED) is 0.447. The van der Waals surface area contributed by atoms with Crippen LogP contribution in [0.2, 0.25) is 0 Å². The van der Waals surface area contributed by atoms with E-state index >= 15 is 0 Å². The predicted octanol–water partition coefficient (Wildman–Crippen LogP) is 1.49. The van der Waals surface area contributed by atoms with Gasteiger partial charge in [0.15, 0.2) is 0 Å². The Hall–Kier alpha value is -3.61. The van der Waals surface area contributed by atoms with Crippen molar-refractivity contribution < 1.29 is 19.1 Å². The molecule has 0 unspecified atom stereocenters. The van der Waals surface area contributed by atoms with Crippen molar-refractivity contribution in [2.75, 3.05) is 12.4 Å². The fourth-order valence-corrected chi connectivity index (χ4v) is 1.82. The Balaban J connectivity index is 1.79. The molecule has 0 aromatic heterocycles. The largest absolute Gasteiger partial charge is 0.497 e. The van der Waals surface area contributed by atoms with Gasteiger partial charge in [-0.05, 0) is 35.9 Å². The number of carbonyl (C=O) groups is 3. The molecule has 0 aliphatic rings. The first-order valence-electron chi connectivity index (χ1n) is 7.37. The number of nitrogens with one attached hydrogen (secondary N) is 3. The number of anilines is 1. The van der Waals surface area contributed by atoms with E-state index in [1.165, 1.54) is 13.2 Å². The Morgan fingerprint density at radius 1 is 0.880 bits per heavy atom. The second kappa shape index (κ2) is 8.88. The van der Waals surface area contributed by atoms with Crippen LogP contribution < -0.4 is 20.9 Å². The van der Waals surface area contributed by atoms with Crippen molar-refractivity contribution in [2.45, 2.75) is 0 Å². The van der Waals surface area contributed by atoms with Gasteiger partial charge in [-0.15, -0.1) is 0 Å². The zero-order chi connectivity index (χ0) is 18.1. The van der Waals surface area contributed by atoms with Crippen LogP contribution in [0, 0.1) is 0 Å². The molecule has 0 bridgehead atoms. The summed E-state index contributed by atoms with van der Waals surface area (Å²) in [5.41, 5.74) is 5.43. The third kappa shape index (κ3) is 5.83. The van der Waals surface area contributed by atoms with Crippen LogP contribution in [0.25, 0.3) is 6.08 Å².